The van der Waals surface area contributed by atoms with E-state index >= 15 is 0 Å². The minimum atomic E-state index is -0.304. The molecule has 4 heteroatoms. The highest BCUT2D eigenvalue weighted by Gasteiger charge is 2.05. The molecule has 3 nitrogen and oxygen atoms in total. The second kappa shape index (κ2) is 3.17. The van der Waals surface area contributed by atoms with E-state index in [0.29, 0.717) is 11.1 Å². The van der Waals surface area contributed by atoms with Crippen molar-refractivity contribution >= 4 is 17.1 Å². The zero-order valence-corrected chi connectivity index (χ0v) is 7.82. The van der Waals surface area contributed by atoms with Crippen LogP contribution in [0, 0.1) is 11.3 Å². The fraction of sp³-hybridized carbons (Fsp3) is 0. The molecule has 0 aromatic carbocycles. The zero-order chi connectivity index (χ0) is 10.1. The molecule has 0 atom stereocenters. The summed E-state index contributed by atoms with van der Waals surface area (Å²) in [4.78, 5) is 11.5. The number of halogens is 1. The highest BCUT2D eigenvalue weighted by molar-refractivity contribution is 6.30. The van der Waals surface area contributed by atoms with Gasteiger partial charge in [-0.2, -0.15) is 5.26 Å². The van der Waals surface area contributed by atoms with Crippen molar-refractivity contribution in [3.05, 3.63) is 51.4 Å². The molecule has 2 rings (SSSR count). The van der Waals surface area contributed by atoms with Gasteiger partial charge in [0.15, 0.2) is 0 Å². The molecule has 0 saturated carbocycles. The summed E-state index contributed by atoms with van der Waals surface area (Å²) < 4.78 is 1.36. The molecule has 0 amide bonds. The normalized spacial score (nSPS) is 10.0. The maximum absolute atomic E-state index is 11.5. The second-order valence-corrected chi connectivity index (χ2v) is 3.19. The van der Waals surface area contributed by atoms with Crippen molar-refractivity contribution in [2.75, 3.05) is 0 Å². The molecule has 2 aromatic rings. The number of nitriles is 1. The van der Waals surface area contributed by atoms with Crippen LogP contribution < -0.4 is 5.56 Å². The smallest absolute Gasteiger partial charge is 0.273 e. The minimum Gasteiger partial charge on any atom is -0.282 e. The van der Waals surface area contributed by atoms with Crippen LogP contribution in [-0.2, 0) is 0 Å². The SMILES string of the molecule is N#Cc1cc(Cl)c(=O)n2ccccc12. The van der Waals surface area contributed by atoms with E-state index in [0.717, 1.165) is 0 Å². The monoisotopic (exact) mass is 204 g/mol. The molecule has 0 aliphatic heterocycles. The average Bonchev–Trinajstić information content (AvgIpc) is 2.23. The van der Waals surface area contributed by atoms with Gasteiger partial charge in [0, 0.05) is 6.20 Å². The van der Waals surface area contributed by atoms with Crippen LogP contribution in [0.3, 0.4) is 0 Å². The van der Waals surface area contributed by atoms with Crippen molar-refractivity contribution in [3.8, 4) is 6.07 Å². The van der Waals surface area contributed by atoms with Crippen LogP contribution in [0.4, 0.5) is 0 Å². The van der Waals surface area contributed by atoms with Crippen molar-refractivity contribution in [1.29, 1.82) is 5.26 Å². The van der Waals surface area contributed by atoms with Crippen LogP contribution in [0.5, 0.6) is 0 Å². The maximum atomic E-state index is 11.5. The van der Waals surface area contributed by atoms with Crippen LogP contribution in [0.25, 0.3) is 5.52 Å². The lowest BCUT2D eigenvalue weighted by atomic mass is 10.2. The van der Waals surface area contributed by atoms with Gasteiger partial charge in [-0.1, -0.05) is 17.7 Å². The molecule has 0 spiro atoms. The van der Waals surface area contributed by atoms with Crippen LogP contribution >= 0.6 is 11.6 Å². The first-order valence-corrected chi connectivity index (χ1v) is 4.32. The fourth-order valence-corrected chi connectivity index (χ4v) is 1.51. The van der Waals surface area contributed by atoms with Crippen LogP contribution in [0.2, 0.25) is 5.02 Å². The largest absolute Gasteiger partial charge is 0.282 e. The predicted octanol–water partition coefficient (Wildman–Crippen LogP) is 1.82. The van der Waals surface area contributed by atoms with E-state index in [4.69, 9.17) is 16.9 Å². The van der Waals surface area contributed by atoms with Gasteiger partial charge < -0.3 is 0 Å². The van der Waals surface area contributed by atoms with Crippen LogP contribution in [0.15, 0.2) is 35.3 Å². The summed E-state index contributed by atoms with van der Waals surface area (Å²) >= 11 is 5.69. The quantitative estimate of drug-likeness (QED) is 0.657. The van der Waals surface area contributed by atoms with Gasteiger partial charge >= 0.3 is 0 Å². The minimum absolute atomic E-state index is 0.0604. The number of hydrogen-bond acceptors (Lipinski definition) is 2. The lowest BCUT2D eigenvalue weighted by Gasteiger charge is -2.01. The molecular formula is C10H5ClN2O. The summed E-state index contributed by atoms with van der Waals surface area (Å²) in [5.74, 6) is 0. The van der Waals surface area contributed by atoms with E-state index in [-0.39, 0.29) is 10.6 Å². The maximum Gasteiger partial charge on any atom is 0.273 e. The van der Waals surface area contributed by atoms with E-state index in [1.165, 1.54) is 10.5 Å². The topological polar surface area (TPSA) is 45.3 Å². The van der Waals surface area contributed by atoms with Crippen molar-refractivity contribution in [3.63, 3.8) is 0 Å². The summed E-state index contributed by atoms with van der Waals surface area (Å²) in [6, 6.07) is 8.57. The molecule has 0 radical (unpaired) electrons. The Morgan fingerprint density at radius 2 is 2.21 bits per heavy atom. The molecule has 2 aromatic heterocycles. The molecule has 0 bridgehead atoms. The Balaban J connectivity index is 3.07. The van der Waals surface area contributed by atoms with Gasteiger partial charge in [0.25, 0.3) is 5.56 Å². The Morgan fingerprint density at radius 1 is 1.43 bits per heavy atom. The number of nitrogens with zero attached hydrogens (tertiary/aromatic N) is 2. The number of fused-ring (bicyclic) bond motifs is 1. The number of hydrogen-bond donors (Lipinski definition) is 0. The van der Waals surface area contributed by atoms with E-state index in [9.17, 15) is 4.79 Å². The zero-order valence-electron chi connectivity index (χ0n) is 7.07. The summed E-state index contributed by atoms with van der Waals surface area (Å²) in [5.41, 5.74) is 0.667. The highest BCUT2D eigenvalue weighted by Crippen LogP contribution is 2.11. The lowest BCUT2D eigenvalue weighted by molar-refractivity contribution is 1.09. The molecule has 0 saturated heterocycles. The van der Waals surface area contributed by atoms with Gasteiger partial charge in [-0.3, -0.25) is 9.20 Å². The van der Waals surface area contributed by atoms with Crippen molar-refractivity contribution < 1.29 is 0 Å². The highest BCUT2D eigenvalue weighted by atomic mass is 35.5. The fourth-order valence-electron chi connectivity index (χ4n) is 1.31. The summed E-state index contributed by atoms with van der Waals surface area (Å²) in [6.07, 6.45) is 1.59. The first-order chi connectivity index (χ1) is 6.74. The Labute approximate surface area is 84.8 Å². The van der Waals surface area contributed by atoms with Gasteiger partial charge in [-0.05, 0) is 18.2 Å². The number of pyridine rings is 2. The Hall–Kier alpha value is -1.79. The molecule has 68 valence electrons. The molecule has 2 heterocycles. The average molecular weight is 205 g/mol. The van der Waals surface area contributed by atoms with Crippen LogP contribution in [0.1, 0.15) is 5.56 Å². The van der Waals surface area contributed by atoms with Gasteiger partial charge in [0.05, 0.1) is 11.1 Å². The molecule has 0 N–H and O–H groups in total. The second-order valence-electron chi connectivity index (χ2n) is 2.78. The third kappa shape index (κ3) is 1.17. The molecule has 14 heavy (non-hydrogen) atoms. The van der Waals surface area contributed by atoms with Gasteiger partial charge in [-0.25, -0.2) is 0 Å². The van der Waals surface area contributed by atoms with Gasteiger partial charge in [0.2, 0.25) is 0 Å². The first kappa shape index (κ1) is 8.79. The van der Waals surface area contributed by atoms with Crippen molar-refractivity contribution in [1.82, 2.24) is 4.40 Å². The third-order valence-corrected chi connectivity index (χ3v) is 2.22. The standard InChI is InChI=1S/C10H5ClN2O/c11-8-5-7(6-12)9-3-1-2-4-13(9)10(8)14/h1-5H. The number of rotatable bonds is 0. The Kier molecular flexibility index (Phi) is 1.99. The third-order valence-electron chi connectivity index (χ3n) is 1.95. The summed E-state index contributed by atoms with van der Waals surface area (Å²) in [5, 5.41) is 8.89. The molecule has 0 unspecified atom stereocenters. The van der Waals surface area contributed by atoms with Crippen LogP contribution in [-0.4, -0.2) is 4.40 Å². The Morgan fingerprint density at radius 3 is 2.93 bits per heavy atom. The Bertz CT molecular complexity index is 595. The summed E-state index contributed by atoms with van der Waals surface area (Å²) in [6.45, 7) is 0. The van der Waals surface area contributed by atoms with E-state index in [1.807, 2.05) is 6.07 Å². The van der Waals surface area contributed by atoms with E-state index in [1.54, 1.807) is 24.4 Å². The molecule has 0 aliphatic rings. The van der Waals surface area contributed by atoms with Crippen molar-refractivity contribution in [2.45, 2.75) is 0 Å². The first-order valence-electron chi connectivity index (χ1n) is 3.94. The molecule has 0 fully saturated rings. The van der Waals surface area contributed by atoms with E-state index in [2.05, 4.69) is 0 Å². The van der Waals surface area contributed by atoms with E-state index < -0.39 is 0 Å². The summed E-state index contributed by atoms with van der Waals surface area (Å²) in [7, 11) is 0. The molecular weight excluding hydrogens is 200 g/mol. The van der Waals surface area contributed by atoms with Crippen molar-refractivity contribution in [2.24, 2.45) is 0 Å². The number of aromatic nitrogens is 1. The van der Waals surface area contributed by atoms with Gasteiger partial charge in [-0.15, -0.1) is 0 Å². The predicted molar refractivity (Wildman–Crippen MR) is 53.4 cm³/mol. The van der Waals surface area contributed by atoms with Gasteiger partial charge in [0.1, 0.15) is 11.1 Å². The molecule has 0 aliphatic carbocycles. The lowest BCUT2D eigenvalue weighted by Crippen LogP contribution is -2.14.